The molecular formula is C16H19ClN2O2S2. The summed E-state index contributed by atoms with van der Waals surface area (Å²) in [5.41, 5.74) is 1.23. The Hall–Kier alpha value is -0.920. The molecule has 0 saturated carbocycles. The molecule has 1 aliphatic rings. The number of thiophene rings is 1. The molecule has 1 aromatic carbocycles. The number of nitrogens with one attached hydrogen (secondary N) is 1. The number of likely N-dealkylation sites (tertiary alicyclic amines) is 1. The first-order chi connectivity index (χ1) is 11.0. The summed E-state index contributed by atoms with van der Waals surface area (Å²) in [6.07, 6.45) is 1.66. The smallest absolute Gasteiger partial charge is 0.250 e. The predicted molar refractivity (Wildman–Crippen MR) is 94.4 cm³/mol. The van der Waals surface area contributed by atoms with Crippen LogP contribution < -0.4 is 4.72 Å². The first kappa shape index (κ1) is 16.9. The highest BCUT2D eigenvalue weighted by molar-refractivity contribution is 7.91. The highest BCUT2D eigenvalue weighted by Crippen LogP contribution is 2.20. The van der Waals surface area contributed by atoms with E-state index in [4.69, 9.17) is 11.6 Å². The van der Waals surface area contributed by atoms with Gasteiger partial charge in [-0.3, -0.25) is 4.90 Å². The molecule has 0 aliphatic carbocycles. The second-order valence-electron chi connectivity index (χ2n) is 5.73. The van der Waals surface area contributed by atoms with Gasteiger partial charge in [0.1, 0.15) is 4.21 Å². The molecule has 3 rings (SSSR count). The van der Waals surface area contributed by atoms with E-state index in [1.165, 1.54) is 16.9 Å². The molecule has 0 unspecified atom stereocenters. The normalized spacial score (nSPS) is 17.4. The zero-order valence-electron chi connectivity index (χ0n) is 12.6. The van der Waals surface area contributed by atoms with E-state index in [2.05, 4.69) is 9.62 Å². The van der Waals surface area contributed by atoms with Crippen LogP contribution in [0, 0.1) is 0 Å². The van der Waals surface area contributed by atoms with Crippen molar-refractivity contribution in [3.05, 3.63) is 52.4 Å². The molecule has 23 heavy (non-hydrogen) atoms. The number of halogens is 1. The van der Waals surface area contributed by atoms with E-state index in [9.17, 15) is 8.42 Å². The van der Waals surface area contributed by atoms with Gasteiger partial charge in [-0.25, -0.2) is 13.1 Å². The number of piperidine rings is 1. The summed E-state index contributed by atoms with van der Waals surface area (Å²) in [6.45, 7) is 2.65. The molecular weight excluding hydrogens is 352 g/mol. The van der Waals surface area contributed by atoms with Gasteiger partial charge in [-0.2, -0.15) is 0 Å². The molecule has 0 bridgehead atoms. The number of hydrogen-bond acceptors (Lipinski definition) is 4. The SMILES string of the molecule is O=S(=O)(NC1CCN(Cc2ccc(Cl)cc2)CC1)c1cccs1. The van der Waals surface area contributed by atoms with E-state index in [-0.39, 0.29) is 6.04 Å². The summed E-state index contributed by atoms with van der Waals surface area (Å²) < 4.78 is 27.7. The van der Waals surface area contributed by atoms with Crippen molar-refractivity contribution in [2.75, 3.05) is 13.1 Å². The topological polar surface area (TPSA) is 49.4 Å². The van der Waals surface area contributed by atoms with Gasteiger partial charge in [0.25, 0.3) is 0 Å². The molecule has 2 heterocycles. The average Bonchev–Trinajstić information content (AvgIpc) is 3.07. The summed E-state index contributed by atoms with van der Waals surface area (Å²) in [4.78, 5) is 2.35. The number of rotatable bonds is 5. The van der Waals surface area contributed by atoms with Crippen LogP contribution in [0.25, 0.3) is 0 Å². The van der Waals surface area contributed by atoms with Gasteiger partial charge >= 0.3 is 0 Å². The van der Waals surface area contributed by atoms with Crippen LogP contribution in [-0.4, -0.2) is 32.4 Å². The van der Waals surface area contributed by atoms with E-state index in [1.54, 1.807) is 17.5 Å². The van der Waals surface area contributed by atoms with Crippen molar-refractivity contribution in [1.29, 1.82) is 0 Å². The maximum atomic E-state index is 12.2. The van der Waals surface area contributed by atoms with Crippen LogP contribution in [0.2, 0.25) is 5.02 Å². The van der Waals surface area contributed by atoms with Crippen molar-refractivity contribution in [3.8, 4) is 0 Å². The van der Waals surface area contributed by atoms with Crippen LogP contribution in [-0.2, 0) is 16.6 Å². The fourth-order valence-corrected chi connectivity index (χ4v) is 5.19. The van der Waals surface area contributed by atoms with Crippen LogP contribution in [0.1, 0.15) is 18.4 Å². The third-order valence-corrected chi connectivity index (χ3v) is 7.16. The Labute approximate surface area is 146 Å². The number of nitrogens with zero attached hydrogens (tertiary/aromatic N) is 1. The molecule has 1 fully saturated rings. The lowest BCUT2D eigenvalue weighted by atomic mass is 10.1. The Bertz CT molecular complexity index is 722. The van der Waals surface area contributed by atoms with Gasteiger partial charge in [-0.15, -0.1) is 11.3 Å². The molecule has 0 amide bonds. The third-order valence-electron chi connectivity index (χ3n) is 3.99. The first-order valence-electron chi connectivity index (χ1n) is 7.55. The molecule has 0 radical (unpaired) electrons. The van der Waals surface area contributed by atoms with Crippen LogP contribution >= 0.6 is 22.9 Å². The Morgan fingerprint density at radius 1 is 1.17 bits per heavy atom. The number of sulfonamides is 1. The minimum Gasteiger partial charge on any atom is -0.299 e. The summed E-state index contributed by atoms with van der Waals surface area (Å²) in [6, 6.07) is 11.3. The zero-order valence-corrected chi connectivity index (χ0v) is 15.0. The molecule has 0 atom stereocenters. The van der Waals surface area contributed by atoms with Gasteiger partial charge in [-0.1, -0.05) is 29.8 Å². The first-order valence-corrected chi connectivity index (χ1v) is 10.3. The van der Waals surface area contributed by atoms with Crippen molar-refractivity contribution in [3.63, 3.8) is 0 Å². The summed E-state index contributed by atoms with van der Waals surface area (Å²) in [7, 11) is -3.36. The maximum Gasteiger partial charge on any atom is 0.250 e. The van der Waals surface area contributed by atoms with Crippen LogP contribution in [0.15, 0.2) is 46.0 Å². The summed E-state index contributed by atoms with van der Waals surface area (Å²) in [5, 5.41) is 2.53. The highest BCUT2D eigenvalue weighted by atomic mass is 35.5. The molecule has 7 heteroatoms. The molecule has 2 aromatic rings. The van der Waals surface area contributed by atoms with Gasteiger partial charge in [0.2, 0.25) is 10.0 Å². The third kappa shape index (κ3) is 4.55. The van der Waals surface area contributed by atoms with Crippen molar-refractivity contribution in [2.24, 2.45) is 0 Å². The molecule has 1 N–H and O–H groups in total. The minimum absolute atomic E-state index is 0.0172. The monoisotopic (exact) mass is 370 g/mol. The fraction of sp³-hybridized carbons (Fsp3) is 0.375. The molecule has 124 valence electrons. The molecule has 1 aliphatic heterocycles. The van der Waals surface area contributed by atoms with Crippen LogP contribution in [0.5, 0.6) is 0 Å². The quantitative estimate of drug-likeness (QED) is 0.878. The number of benzene rings is 1. The predicted octanol–water partition coefficient (Wildman–Crippen LogP) is 3.34. The summed E-state index contributed by atoms with van der Waals surface area (Å²) >= 11 is 7.15. The lowest BCUT2D eigenvalue weighted by molar-refractivity contribution is 0.200. The van der Waals surface area contributed by atoms with Gasteiger partial charge in [0, 0.05) is 30.7 Å². The van der Waals surface area contributed by atoms with E-state index in [0.29, 0.717) is 4.21 Å². The Morgan fingerprint density at radius 3 is 2.48 bits per heavy atom. The highest BCUT2D eigenvalue weighted by Gasteiger charge is 2.25. The zero-order chi connectivity index (χ0) is 16.3. The average molecular weight is 371 g/mol. The second kappa shape index (κ2) is 7.32. The molecule has 1 aromatic heterocycles. The summed E-state index contributed by atoms with van der Waals surface area (Å²) in [5.74, 6) is 0. The van der Waals surface area contributed by atoms with Crippen molar-refractivity contribution in [1.82, 2.24) is 9.62 Å². The Kier molecular flexibility index (Phi) is 5.38. The fourth-order valence-electron chi connectivity index (χ4n) is 2.75. The molecule has 0 spiro atoms. The van der Waals surface area contributed by atoms with Crippen molar-refractivity contribution in [2.45, 2.75) is 29.6 Å². The Balaban J connectivity index is 1.51. The number of hydrogen-bond donors (Lipinski definition) is 1. The standard InChI is InChI=1S/C16H19ClN2O2S2/c17-14-5-3-13(4-6-14)12-19-9-7-15(8-10-19)18-23(20,21)16-2-1-11-22-16/h1-6,11,15,18H,7-10,12H2. The van der Waals surface area contributed by atoms with Gasteiger partial charge in [0.15, 0.2) is 0 Å². The minimum atomic E-state index is -3.36. The van der Waals surface area contributed by atoms with E-state index < -0.39 is 10.0 Å². The lowest BCUT2D eigenvalue weighted by Crippen LogP contribution is -2.44. The van der Waals surface area contributed by atoms with Crippen LogP contribution in [0.3, 0.4) is 0 Å². The van der Waals surface area contributed by atoms with Gasteiger partial charge < -0.3 is 0 Å². The molecule has 4 nitrogen and oxygen atoms in total. The second-order valence-corrected chi connectivity index (χ2v) is 9.06. The largest absolute Gasteiger partial charge is 0.299 e. The lowest BCUT2D eigenvalue weighted by Gasteiger charge is -2.32. The van der Waals surface area contributed by atoms with E-state index in [0.717, 1.165) is 37.5 Å². The molecule has 1 saturated heterocycles. The Morgan fingerprint density at radius 2 is 1.87 bits per heavy atom. The van der Waals surface area contributed by atoms with Crippen LogP contribution in [0.4, 0.5) is 0 Å². The van der Waals surface area contributed by atoms with E-state index in [1.807, 2.05) is 24.3 Å². The van der Waals surface area contributed by atoms with Crippen molar-refractivity contribution >= 4 is 33.0 Å². The van der Waals surface area contributed by atoms with Crippen molar-refractivity contribution < 1.29 is 8.42 Å². The maximum absolute atomic E-state index is 12.2. The van der Waals surface area contributed by atoms with Gasteiger partial charge in [-0.05, 0) is 42.0 Å². The van der Waals surface area contributed by atoms with E-state index >= 15 is 0 Å². The van der Waals surface area contributed by atoms with Gasteiger partial charge in [0.05, 0.1) is 0 Å².